The third-order valence-electron chi connectivity index (χ3n) is 9.35. The number of hydrogen-bond donors (Lipinski definition) is 0. The van der Waals surface area contributed by atoms with E-state index in [0.717, 1.165) is 32.1 Å². The molecule has 4 fully saturated rings. The first-order valence-electron chi connectivity index (χ1n) is 13.4. The predicted octanol–water partition coefficient (Wildman–Crippen LogP) is 5.50. The number of hydrogen-bond acceptors (Lipinski definition) is 7. The SMILES string of the molecule is CCC(C)(C)C(=O)OC1C2CC3C1OC(=O)C3(C#N)C2.CCC1(OC(=O)C(C)(C)CC)CCCC1. The number of ether oxygens (including phenoxy) is 3. The number of fused-ring (bicyclic) bond motifs is 1. The molecule has 1 aliphatic heterocycles. The van der Waals surface area contributed by atoms with Crippen molar-refractivity contribution in [2.45, 2.75) is 124 Å². The monoisotopic (exact) mass is 489 g/mol. The summed E-state index contributed by atoms with van der Waals surface area (Å²) < 4.78 is 16.8. The Morgan fingerprint density at radius 2 is 1.63 bits per heavy atom. The van der Waals surface area contributed by atoms with Crippen molar-refractivity contribution < 1.29 is 28.6 Å². The topological polar surface area (TPSA) is 103 Å². The highest BCUT2D eigenvalue weighted by atomic mass is 16.6. The summed E-state index contributed by atoms with van der Waals surface area (Å²) in [5, 5.41) is 9.31. The Labute approximate surface area is 210 Å². The summed E-state index contributed by atoms with van der Waals surface area (Å²) in [7, 11) is 0. The minimum Gasteiger partial charge on any atom is -0.459 e. The van der Waals surface area contributed by atoms with E-state index in [1.54, 1.807) is 0 Å². The van der Waals surface area contributed by atoms with Gasteiger partial charge in [0.2, 0.25) is 0 Å². The summed E-state index contributed by atoms with van der Waals surface area (Å²) in [4.78, 5) is 36.1. The van der Waals surface area contributed by atoms with Gasteiger partial charge < -0.3 is 14.2 Å². The highest BCUT2D eigenvalue weighted by molar-refractivity contribution is 5.84. The Morgan fingerprint density at radius 3 is 2.14 bits per heavy atom. The van der Waals surface area contributed by atoms with Crippen LogP contribution in [0.5, 0.6) is 0 Å². The molecule has 0 aromatic heterocycles. The van der Waals surface area contributed by atoms with Crippen molar-refractivity contribution in [2.75, 3.05) is 0 Å². The first-order valence-corrected chi connectivity index (χ1v) is 13.4. The minimum absolute atomic E-state index is 0.0197. The van der Waals surface area contributed by atoms with E-state index in [9.17, 15) is 19.6 Å². The summed E-state index contributed by atoms with van der Waals surface area (Å²) in [5.41, 5.74) is -1.97. The first kappa shape index (κ1) is 27.5. The van der Waals surface area contributed by atoms with E-state index < -0.39 is 22.9 Å². The van der Waals surface area contributed by atoms with Gasteiger partial charge in [0, 0.05) is 11.8 Å². The van der Waals surface area contributed by atoms with Gasteiger partial charge in [-0.2, -0.15) is 5.26 Å². The quantitative estimate of drug-likeness (QED) is 0.344. The van der Waals surface area contributed by atoms with Gasteiger partial charge in [-0.05, 0) is 85.5 Å². The van der Waals surface area contributed by atoms with Crippen molar-refractivity contribution in [1.82, 2.24) is 0 Å². The average Bonchev–Trinajstić information content (AvgIpc) is 3.57. The predicted molar refractivity (Wildman–Crippen MR) is 130 cm³/mol. The molecule has 0 aromatic rings. The maximum Gasteiger partial charge on any atom is 0.327 e. The third kappa shape index (κ3) is 4.82. The molecule has 1 saturated heterocycles. The average molecular weight is 490 g/mol. The lowest BCUT2D eigenvalue weighted by molar-refractivity contribution is -0.171. The Hall–Kier alpha value is -2.10. The fourth-order valence-electron chi connectivity index (χ4n) is 5.74. The van der Waals surface area contributed by atoms with Crippen LogP contribution in [0.3, 0.4) is 0 Å². The second kappa shape index (κ2) is 9.75. The molecule has 7 heteroatoms. The number of nitriles is 1. The molecule has 35 heavy (non-hydrogen) atoms. The van der Waals surface area contributed by atoms with Gasteiger partial charge in [-0.15, -0.1) is 0 Å². The van der Waals surface area contributed by atoms with Crippen molar-refractivity contribution in [2.24, 2.45) is 28.1 Å². The van der Waals surface area contributed by atoms with Crippen LogP contribution in [-0.2, 0) is 28.6 Å². The van der Waals surface area contributed by atoms with Crippen LogP contribution in [0.4, 0.5) is 0 Å². The van der Waals surface area contributed by atoms with Gasteiger partial charge in [0.05, 0.1) is 16.9 Å². The van der Waals surface area contributed by atoms with E-state index in [4.69, 9.17) is 14.2 Å². The molecule has 5 unspecified atom stereocenters. The van der Waals surface area contributed by atoms with Gasteiger partial charge in [0.15, 0.2) is 5.41 Å². The van der Waals surface area contributed by atoms with Crippen molar-refractivity contribution in [3.8, 4) is 6.07 Å². The van der Waals surface area contributed by atoms with Crippen LogP contribution >= 0.6 is 0 Å². The molecule has 0 N–H and O–H groups in total. The Morgan fingerprint density at radius 1 is 1.06 bits per heavy atom. The van der Waals surface area contributed by atoms with Crippen molar-refractivity contribution in [1.29, 1.82) is 5.26 Å². The molecular formula is C28H43NO6. The fourth-order valence-corrected chi connectivity index (χ4v) is 5.74. The minimum atomic E-state index is -0.974. The van der Waals surface area contributed by atoms with Crippen molar-refractivity contribution in [3.63, 3.8) is 0 Å². The van der Waals surface area contributed by atoms with Gasteiger partial charge in [-0.25, -0.2) is 0 Å². The molecule has 1 heterocycles. The van der Waals surface area contributed by atoms with E-state index in [0.29, 0.717) is 12.8 Å². The number of carbonyl (C=O) groups excluding carboxylic acids is 3. The lowest BCUT2D eigenvalue weighted by Crippen LogP contribution is -2.42. The molecule has 0 spiro atoms. The normalized spacial score (nSPS) is 32.3. The zero-order chi connectivity index (χ0) is 26.2. The smallest absolute Gasteiger partial charge is 0.327 e. The summed E-state index contributed by atoms with van der Waals surface area (Å²) in [6.45, 7) is 13.7. The Balaban J connectivity index is 0.000000205. The molecule has 7 nitrogen and oxygen atoms in total. The van der Waals surface area contributed by atoms with Crippen molar-refractivity contribution in [3.05, 3.63) is 0 Å². The van der Waals surface area contributed by atoms with Gasteiger partial charge in [0.25, 0.3) is 0 Å². The van der Waals surface area contributed by atoms with Gasteiger partial charge in [0.1, 0.15) is 17.8 Å². The molecular weight excluding hydrogens is 446 g/mol. The second-order valence-electron chi connectivity index (χ2n) is 12.2. The molecule has 0 aromatic carbocycles. The van der Waals surface area contributed by atoms with E-state index >= 15 is 0 Å². The van der Waals surface area contributed by atoms with E-state index in [-0.39, 0.29) is 40.9 Å². The lowest BCUT2D eigenvalue weighted by Gasteiger charge is -2.32. The lowest BCUT2D eigenvalue weighted by atomic mass is 9.74. The fraction of sp³-hybridized carbons (Fsp3) is 0.857. The van der Waals surface area contributed by atoms with Crippen LogP contribution < -0.4 is 0 Å². The van der Waals surface area contributed by atoms with E-state index in [1.807, 2.05) is 41.5 Å². The molecule has 4 aliphatic rings. The molecule has 196 valence electrons. The molecule has 0 amide bonds. The number of esters is 3. The summed E-state index contributed by atoms with van der Waals surface area (Å²) >= 11 is 0. The first-order chi connectivity index (χ1) is 16.3. The molecule has 4 rings (SSSR count). The van der Waals surface area contributed by atoms with Crippen LogP contribution in [0.2, 0.25) is 0 Å². The molecule has 0 radical (unpaired) electrons. The molecule has 2 bridgehead atoms. The van der Waals surface area contributed by atoms with E-state index in [2.05, 4.69) is 13.0 Å². The molecule has 5 atom stereocenters. The standard InChI is InChI=1S/C15H19NO4.C13H24O2/c1-4-14(2,3)12(17)19-10-8-5-9-11(10)20-13(18)15(9,6-8)7-16;1-5-12(3,4)11(14)15-13(6-2)9-7-8-10-13/h8-11H,4-6H2,1-3H3;5-10H2,1-4H3. The summed E-state index contributed by atoms with van der Waals surface area (Å²) in [6.07, 6.45) is 7.42. The zero-order valence-corrected chi connectivity index (χ0v) is 22.6. The maximum atomic E-state index is 12.2. The zero-order valence-electron chi connectivity index (χ0n) is 22.6. The number of rotatable bonds is 7. The Kier molecular flexibility index (Phi) is 7.65. The van der Waals surface area contributed by atoms with Gasteiger partial charge >= 0.3 is 17.9 Å². The van der Waals surface area contributed by atoms with Gasteiger partial charge in [-0.1, -0.05) is 20.8 Å². The van der Waals surface area contributed by atoms with E-state index in [1.165, 1.54) is 12.8 Å². The number of nitrogens with zero attached hydrogens (tertiary/aromatic N) is 1. The van der Waals surface area contributed by atoms with Crippen LogP contribution in [0, 0.1) is 39.4 Å². The largest absolute Gasteiger partial charge is 0.459 e. The summed E-state index contributed by atoms with van der Waals surface area (Å²) in [6, 6.07) is 2.15. The third-order valence-corrected chi connectivity index (χ3v) is 9.35. The highest BCUT2D eigenvalue weighted by Gasteiger charge is 2.72. The summed E-state index contributed by atoms with van der Waals surface area (Å²) in [5.74, 6) is -0.720. The van der Waals surface area contributed by atoms with Crippen LogP contribution in [0.25, 0.3) is 0 Å². The van der Waals surface area contributed by atoms with Gasteiger partial charge in [-0.3, -0.25) is 14.4 Å². The van der Waals surface area contributed by atoms with Crippen LogP contribution in [0.15, 0.2) is 0 Å². The van der Waals surface area contributed by atoms with Crippen molar-refractivity contribution >= 4 is 17.9 Å². The van der Waals surface area contributed by atoms with Crippen LogP contribution in [0.1, 0.15) is 106 Å². The maximum absolute atomic E-state index is 12.2. The number of carbonyl (C=O) groups is 3. The highest BCUT2D eigenvalue weighted by Crippen LogP contribution is 2.62. The molecule has 3 aliphatic carbocycles. The Bertz CT molecular complexity index is 880. The second-order valence-corrected chi connectivity index (χ2v) is 12.2. The molecule has 3 saturated carbocycles. The van der Waals surface area contributed by atoms with Crippen LogP contribution in [-0.4, -0.2) is 35.7 Å².